The van der Waals surface area contributed by atoms with Gasteiger partial charge in [0, 0.05) is 19.1 Å². The number of nitrogens with two attached hydrogens (primary N) is 1. The van der Waals surface area contributed by atoms with Crippen LogP contribution in [0.5, 0.6) is 0 Å². The second kappa shape index (κ2) is 5.03. The van der Waals surface area contributed by atoms with Crippen molar-refractivity contribution in [2.75, 3.05) is 27.2 Å². The molecule has 0 aromatic rings. The van der Waals surface area contributed by atoms with Crippen LogP contribution in [0.2, 0.25) is 0 Å². The fourth-order valence-electron chi connectivity index (χ4n) is 0.550. The van der Waals surface area contributed by atoms with E-state index in [-0.39, 0.29) is 0 Å². The average Bonchev–Trinajstić information content (AvgIpc) is 1.83. The summed E-state index contributed by atoms with van der Waals surface area (Å²) in [6.45, 7) is 1.63. The van der Waals surface area contributed by atoms with E-state index in [9.17, 15) is 0 Å². The molecule has 0 radical (unpaired) electrons. The van der Waals surface area contributed by atoms with Crippen LogP contribution in [0, 0.1) is 0 Å². The second-order valence-electron chi connectivity index (χ2n) is 1.78. The smallest absolute Gasteiger partial charge is 0.0312 e. The maximum absolute atomic E-state index is 5.37. The summed E-state index contributed by atoms with van der Waals surface area (Å²) in [5, 5.41) is 6.09. The van der Waals surface area contributed by atoms with Crippen LogP contribution >= 0.6 is 0 Å². The van der Waals surface area contributed by atoms with E-state index in [0.29, 0.717) is 12.6 Å². The topological polar surface area (TPSA) is 50.1 Å². The van der Waals surface area contributed by atoms with E-state index in [1.807, 2.05) is 14.1 Å². The van der Waals surface area contributed by atoms with E-state index >= 15 is 0 Å². The van der Waals surface area contributed by atoms with Crippen LogP contribution in [0.4, 0.5) is 0 Å². The van der Waals surface area contributed by atoms with Gasteiger partial charge in [-0.1, -0.05) is 0 Å². The van der Waals surface area contributed by atoms with Gasteiger partial charge in [-0.3, -0.25) is 0 Å². The Morgan fingerprint density at radius 2 is 2.12 bits per heavy atom. The Morgan fingerprint density at radius 3 is 2.25 bits per heavy atom. The monoisotopic (exact) mass is 117 g/mol. The number of hydrogen-bond acceptors (Lipinski definition) is 3. The minimum Gasteiger partial charge on any atom is -0.329 e. The predicted molar refractivity (Wildman–Crippen MR) is 35.8 cm³/mol. The largest absolute Gasteiger partial charge is 0.329 e. The zero-order chi connectivity index (χ0) is 6.41. The van der Waals surface area contributed by atoms with Gasteiger partial charge >= 0.3 is 0 Å². The molecular weight excluding hydrogens is 102 g/mol. The zero-order valence-corrected chi connectivity index (χ0v) is 5.57. The minimum absolute atomic E-state index is 0.417. The summed E-state index contributed by atoms with van der Waals surface area (Å²) in [5.74, 6) is 0. The molecule has 0 bridgehead atoms. The van der Waals surface area contributed by atoms with E-state index in [1.54, 1.807) is 0 Å². The third-order valence-electron chi connectivity index (χ3n) is 1.14. The summed E-state index contributed by atoms with van der Waals surface area (Å²) in [5.41, 5.74) is 5.37. The minimum atomic E-state index is 0.417. The zero-order valence-electron chi connectivity index (χ0n) is 5.57. The van der Waals surface area contributed by atoms with Crippen molar-refractivity contribution < 1.29 is 0 Å². The van der Waals surface area contributed by atoms with Crippen LogP contribution in [-0.4, -0.2) is 33.2 Å². The van der Waals surface area contributed by atoms with Crippen molar-refractivity contribution in [1.29, 1.82) is 0 Å². The molecule has 8 heavy (non-hydrogen) atoms. The van der Waals surface area contributed by atoms with Gasteiger partial charge in [0.1, 0.15) is 0 Å². The summed E-state index contributed by atoms with van der Waals surface area (Å²) >= 11 is 0. The molecule has 50 valence electrons. The van der Waals surface area contributed by atoms with Crippen molar-refractivity contribution in [2.45, 2.75) is 6.04 Å². The Kier molecular flexibility index (Phi) is 4.95. The van der Waals surface area contributed by atoms with Gasteiger partial charge in [0.2, 0.25) is 0 Å². The van der Waals surface area contributed by atoms with Crippen LogP contribution in [0.1, 0.15) is 0 Å². The quantitative estimate of drug-likeness (QED) is 0.431. The van der Waals surface area contributed by atoms with Crippen LogP contribution < -0.4 is 16.4 Å². The highest BCUT2D eigenvalue weighted by Gasteiger charge is 1.97. The molecule has 0 aromatic heterocycles. The van der Waals surface area contributed by atoms with Crippen LogP contribution in [-0.2, 0) is 0 Å². The molecule has 0 rings (SSSR count). The molecule has 0 saturated carbocycles. The Bertz CT molecular complexity index is 42.9. The van der Waals surface area contributed by atoms with Gasteiger partial charge in [-0.05, 0) is 14.1 Å². The number of hydrogen-bond donors (Lipinski definition) is 3. The van der Waals surface area contributed by atoms with Crippen molar-refractivity contribution in [3.63, 3.8) is 0 Å². The van der Waals surface area contributed by atoms with Gasteiger partial charge in [0.05, 0.1) is 0 Å². The van der Waals surface area contributed by atoms with E-state index in [2.05, 4.69) is 10.6 Å². The first-order valence-corrected chi connectivity index (χ1v) is 2.87. The number of rotatable bonds is 4. The Balaban J connectivity index is 3.07. The summed E-state index contributed by atoms with van der Waals surface area (Å²) in [4.78, 5) is 0. The van der Waals surface area contributed by atoms with E-state index in [1.165, 1.54) is 0 Å². The maximum atomic E-state index is 5.37. The highest BCUT2D eigenvalue weighted by Crippen LogP contribution is 1.71. The van der Waals surface area contributed by atoms with Gasteiger partial charge in [-0.2, -0.15) is 0 Å². The Labute approximate surface area is 50.6 Å². The lowest BCUT2D eigenvalue weighted by Crippen LogP contribution is -2.40. The Morgan fingerprint density at radius 1 is 1.50 bits per heavy atom. The third-order valence-corrected chi connectivity index (χ3v) is 1.14. The summed E-state index contributed by atoms with van der Waals surface area (Å²) in [7, 11) is 3.83. The van der Waals surface area contributed by atoms with Gasteiger partial charge in [0.25, 0.3) is 0 Å². The molecule has 3 nitrogen and oxygen atoms in total. The summed E-state index contributed by atoms with van der Waals surface area (Å²) in [6, 6.07) is 0.417. The molecule has 0 aliphatic carbocycles. The van der Waals surface area contributed by atoms with Crippen LogP contribution in [0.25, 0.3) is 0 Å². The molecule has 0 saturated heterocycles. The molecule has 0 fully saturated rings. The van der Waals surface area contributed by atoms with Gasteiger partial charge < -0.3 is 16.4 Å². The van der Waals surface area contributed by atoms with Crippen LogP contribution in [0.15, 0.2) is 0 Å². The van der Waals surface area contributed by atoms with Crippen molar-refractivity contribution in [2.24, 2.45) is 5.73 Å². The lowest BCUT2D eigenvalue weighted by Gasteiger charge is -2.11. The van der Waals surface area contributed by atoms with Crippen molar-refractivity contribution in [3.05, 3.63) is 0 Å². The predicted octanol–water partition coefficient (Wildman–Crippen LogP) is -1.25. The average molecular weight is 117 g/mol. The van der Waals surface area contributed by atoms with Crippen molar-refractivity contribution in [3.8, 4) is 0 Å². The number of nitrogens with one attached hydrogen (secondary N) is 2. The fourth-order valence-corrected chi connectivity index (χ4v) is 0.550. The molecule has 0 heterocycles. The van der Waals surface area contributed by atoms with E-state index in [4.69, 9.17) is 5.73 Å². The second-order valence-corrected chi connectivity index (χ2v) is 1.78. The Hall–Kier alpha value is -0.120. The molecule has 0 aliphatic heterocycles. The molecule has 0 aromatic carbocycles. The molecule has 0 aliphatic rings. The first kappa shape index (κ1) is 7.88. The highest BCUT2D eigenvalue weighted by atomic mass is 15.0. The van der Waals surface area contributed by atoms with Gasteiger partial charge in [-0.15, -0.1) is 0 Å². The molecule has 1 unspecified atom stereocenters. The molecule has 4 N–H and O–H groups in total. The highest BCUT2D eigenvalue weighted by molar-refractivity contribution is 4.65. The molecule has 0 spiro atoms. The molecular formula is C5H15N3. The van der Waals surface area contributed by atoms with Gasteiger partial charge in [0.15, 0.2) is 0 Å². The van der Waals surface area contributed by atoms with Crippen molar-refractivity contribution >= 4 is 0 Å². The standard InChI is InChI=1S/C5H15N3/c1-7-4-5(3-6)8-2/h5,7-8H,3-4,6H2,1-2H3. The lowest BCUT2D eigenvalue weighted by molar-refractivity contribution is 0.541. The molecule has 3 heteroatoms. The maximum Gasteiger partial charge on any atom is 0.0312 e. The SMILES string of the molecule is CNCC(CN)NC. The van der Waals surface area contributed by atoms with Crippen molar-refractivity contribution in [1.82, 2.24) is 10.6 Å². The molecule has 0 amide bonds. The normalized spacial score (nSPS) is 13.9. The summed E-state index contributed by atoms with van der Waals surface area (Å²) < 4.78 is 0. The first-order valence-electron chi connectivity index (χ1n) is 2.87. The summed E-state index contributed by atoms with van der Waals surface area (Å²) in [6.07, 6.45) is 0. The van der Waals surface area contributed by atoms with Crippen LogP contribution in [0.3, 0.4) is 0 Å². The van der Waals surface area contributed by atoms with Gasteiger partial charge in [-0.25, -0.2) is 0 Å². The van der Waals surface area contributed by atoms with E-state index in [0.717, 1.165) is 6.54 Å². The first-order chi connectivity index (χ1) is 3.85. The lowest BCUT2D eigenvalue weighted by atomic mass is 10.3. The number of likely N-dealkylation sites (N-methyl/N-ethyl adjacent to an activating group) is 2. The fraction of sp³-hybridized carbons (Fsp3) is 1.00. The van der Waals surface area contributed by atoms with E-state index < -0.39 is 0 Å². The third kappa shape index (κ3) is 2.96. The molecule has 1 atom stereocenters.